The van der Waals surface area contributed by atoms with Crippen molar-refractivity contribution in [3.8, 4) is 0 Å². The van der Waals surface area contributed by atoms with Crippen LogP contribution in [0.2, 0.25) is 0 Å². The number of allylic oxidation sites excluding steroid dienone is 3. The summed E-state index contributed by atoms with van der Waals surface area (Å²) in [6.45, 7) is 4.84. The van der Waals surface area contributed by atoms with Crippen molar-refractivity contribution >= 4 is 5.78 Å². The van der Waals surface area contributed by atoms with E-state index in [0.717, 1.165) is 50.9 Å². The van der Waals surface area contributed by atoms with Crippen LogP contribution in [-0.4, -0.2) is 16.5 Å². The highest BCUT2D eigenvalue weighted by atomic mass is 16.3. The summed E-state index contributed by atoms with van der Waals surface area (Å²) in [7, 11) is 0. The lowest BCUT2D eigenvalue weighted by atomic mass is 9.49. The van der Waals surface area contributed by atoms with Crippen molar-refractivity contribution in [2.75, 3.05) is 0 Å². The zero-order chi connectivity index (χ0) is 17.4. The van der Waals surface area contributed by atoms with Crippen LogP contribution in [0.25, 0.3) is 0 Å². The maximum Gasteiger partial charge on any atom is 0.137 e. The summed E-state index contributed by atoms with van der Waals surface area (Å²) >= 11 is 0. The number of carbonyl (C=O) groups is 1. The second kappa shape index (κ2) is 5.31. The lowest BCUT2D eigenvalue weighted by Gasteiger charge is -2.56. The second-order valence-corrected chi connectivity index (χ2v) is 10.0. The van der Waals surface area contributed by atoms with Crippen molar-refractivity contribution in [3.05, 3.63) is 23.3 Å². The summed E-state index contributed by atoms with van der Waals surface area (Å²) < 4.78 is 0. The Kier molecular flexibility index (Phi) is 3.46. The molecule has 0 radical (unpaired) electrons. The lowest BCUT2D eigenvalue weighted by Crippen LogP contribution is -2.54. The SMILES string of the molecule is C[C@@H]1CC2=C(CCC(=O)C2)[C@H]2CC[C@@]3(C)[C@@H](C[C@@H]4CC=CC[C@@]43O)[C@H]12. The van der Waals surface area contributed by atoms with Crippen molar-refractivity contribution in [2.24, 2.45) is 35.0 Å². The molecular formula is C23H32O2. The Balaban J connectivity index is 1.53. The van der Waals surface area contributed by atoms with Crippen LogP contribution < -0.4 is 0 Å². The zero-order valence-electron chi connectivity index (χ0n) is 15.8. The number of hydrogen-bond donors (Lipinski definition) is 1. The molecule has 0 aromatic rings. The van der Waals surface area contributed by atoms with Crippen LogP contribution in [0.3, 0.4) is 0 Å². The summed E-state index contributed by atoms with van der Waals surface area (Å²) in [4.78, 5) is 12.0. The first-order valence-electron chi connectivity index (χ1n) is 10.5. The van der Waals surface area contributed by atoms with E-state index in [4.69, 9.17) is 0 Å². The Bertz CT molecular complexity index is 674. The largest absolute Gasteiger partial charge is 0.389 e. The molecule has 0 unspecified atom stereocenters. The fourth-order valence-electron chi connectivity index (χ4n) is 7.94. The Labute approximate surface area is 151 Å². The van der Waals surface area contributed by atoms with E-state index in [9.17, 15) is 9.90 Å². The fraction of sp³-hybridized carbons (Fsp3) is 0.783. The quantitative estimate of drug-likeness (QED) is 0.642. The number of carbonyl (C=O) groups excluding carboxylic acids is 1. The summed E-state index contributed by atoms with van der Waals surface area (Å²) in [5.41, 5.74) is 2.78. The molecule has 2 nitrogen and oxygen atoms in total. The van der Waals surface area contributed by atoms with Gasteiger partial charge in [-0.2, -0.15) is 0 Å². The average Bonchev–Trinajstić information content (AvgIpc) is 2.82. The fourth-order valence-corrected chi connectivity index (χ4v) is 7.94. The molecule has 5 aliphatic rings. The van der Waals surface area contributed by atoms with Gasteiger partial charge in [0.25, 0.3) is 0 Å². The highest BCUT2D eigenvalue weighted by Gasteiger charge is 2.66. The normalized spacial score (nSPS) is 51.6. The molecule has 0 bridgehead atoms. The molecule has 25 heavy (non-hydrogen) atoms. The van der Waals surface area contributed by atoms with Gasteiger partial charge in [0.05, 0.1) is 5.60 Å². The molecule has 0 amide bonds. The minimum absolute atomic E-state index is 0.0837. The van der Waals surface area contributed by atoms with Crippen LogP contribution in [0.15, 0.2) is 23.3 Å². The summed E-state index contributed by atoms with van der Waals surface area (Å²) in [6, 6.07) is 0. The predicted octanol–water partition coefficient (Wildman–Crippen LogP) is 4.83. The molecule has 2 saturated carbocycles. The molecule has 0 aliphatic heterocycles. The third kappa shape index (κ3) is 2.04. The van der Waals surface area contributed by atoms with E-state index in [2.05, 4.69) is 26.0 Å². The van der Waals surface area contributed by atoms with E-state index in [1.807, 2.05) is 0 Å². The summed E-state index contributed by atoms with van der Waals surface area (Å²) in [6.07, 6.45) is 13.7. The molecule has 0 saturated heterocycles. The highest BCUT2D eigenvalue weighted by molar-refractivity contribution is 5.82. The van der Waals surface area contributed by atoms with Gasteiger partial charge in [-0.1, -0.05) is 37.1 Å². The lowest BCUT2D eigenvalue weighted by molar-refractivity contribution is -0.130. The third-order valence-corrected chi connectivity index (χ3v) is 9.15. The van der Waals surface area contributed by atoms with Gasteiger partial charge in [0.2, 0.25) is 0 Å². The van der Waals surface area contributed by atoms with Crippen LogP contribution in [0, 0.1) is 35.0 Å². The van der Waals surface area contributed by atoms with Gasteiger partial charge in [-0.3, -0.25) is 4.79 Å². The van der Waals surface area contributed by atoms with Crippen LogP contribution >= 0.6 is 0 Å². The van der Waals surface area contributed by atoms with Gasteiger partial charge in [0.1, 0.15) is 5.78 Å². The van der Waals surface area contributed by atoms with Gasteiger partial charge < -0.3 is 5.11 Å². The average molecular weight is 341 g/mol. The molecule has 1 N–H and O–H groups in total. The molecule has 5 rings (SSSR count). The minimum atomic E-state index is -0.478. The Morgan fingerprint density at radius 2 is 2.08 bits per heavy atom. The number of fused-ring (bicyclic) bond motifs is 6. The van der Waals surface area contributed by atoms with Crippen molar-refractivity contribution < 1.29 is 9.90 Å². The number of aliphatic hydroxyl groups is 1. The standard InChI is InChI=1S/C23H32O2/c1-14-11-15-12-17(24)6-7-18(15)19-8-10-22(2)20(21(14)19)13-16-5-3-4-9-23(16,22)25/h3-4,14,16,19-21,25H,5-13H2,1-2H3/t14-,16+,19-,20+,21-,22+,23-/m1/s1. The van der Waals surface area contributed by atoms with E-state index < -0.39 is 5.60 Å². The Morgan fingerprint density at radius 3 is 2.92 bits per heavy atom. The van der Waals surface area contributed by atoms with Crippen molar-refractivity contribution in [1.29, 1.82) is 0 Å². The summed E-state index contributed by atoms with van der Waals surface area (Å²) in [5, 5.41) is 11.7. The van der Waals surface area contributed by atoms with E-state index in [1.54, 1.807) is 5.57 Å². The first-order chi connectivity index (χ1) is 11.9. The smallest absolute Gasteiger partial charge is 0.137 e. The van der Waals surface area contributed by atoms with E-state index in [1.165, 1.54) is 18.4 Å². The monoisotopic (exact) mass is 340 g/mol. The molecule has 5 aliphatic carbocycles. The first kappa shape index (κ1) is 16.3. The second-order valence-electron chi connectivity index (χ2n) is 10.0. The van der Waals surface area contributed by atoms with E-state index in [-0.39, 0.29) is 5.41 Å². The highest BCUT2D eigenvalue weighted by Crippen LogP contribution is 2.68. The van der Waals surface area contributed by atoms with Gasteiger partial charge in [-0.15, -0.1) is 0 Å². The predicted molar refractivity (Wildman–Crippen MR) is 98.9 cm³/mol. The molecule has 0 aromatic carbocycles. The number of hydrogen-bond acceptors (Lipinski definition) is 2. The molecular weight excluding hydrogens is 308 g/mol. The number of rotatable bonds is 0. The van der Waals surface area contributed by atoms with Gasteiger partial charge in [-0.25, -0.2) is 0 Å². The van der Waals surface area contributed by atoms with Crippen molar-refractivity contribution in [2.45, 2.75) is 77.2 Å². The van der Waals surface area contributed by atoms with Crippen molar-refractivity contribution in [3.63, 3.8) is 0 Å². The van der Waals surface area contributed by atoms with E-state index in [0.29, 0.717) is 29.5 Å². The maximum atomic E-state index is 12.0. The first-order valence-corrected chi connectivity index (χ1v) is 10.5. The molecule has 136 valence electrons. The van der Waals surface area contributed by atoms with Gasteiger partial charge >= 0.3 is 0 Å². The molecule has 2 fully saturated rings. The van der Waals surface area contributed by atoms with Gasteiger partial charge in [0.15, 0.2) is 0 Å². The van der Waals surface area contributed by atoms with Crippen LogP contribution in [-0.2, 0) is 4.79 Å². The van der Waals surface area contributed by atoms with Crippen LogP contribution in [0.5, 0.6) is 0 Å². The third-order valence-electron chi connectivity index (χ3n) is 9.15. The number of Topliss-reactive ketones (excluding diaryl/α,β-unsaturated/α-hetero) is 1. The van der Waals surface area contributed by atoms with Crippen LogP contribution in [0.4, 0.5) is 0 Å². The number of ketones is 1. The summed E-state index contributed by atoms with van der Waals surface area (Å²) in [5.74, 6) is 3.65. The Morgan fingerprint density at radius 1 is 1.24 bits per heavy atom. The molecule has 7 atom stereocenters. The minimum Gasteiger partial charge on any atom is -0.389 e. The molecule has 0 spiro atoms. The molecule has 0 heterocycles. The van der Waals surface area contributed by atoms with Gasteiger partial charge in [0, 0.05) is 18.3 Å². The van der Waals surface area contributed by atoms with Crippen LogP contribution in [0.1, 0.15) is 71.6 Å². The van der Waals surface area contributed by atoms with Gasteiger partial charge in [-0.05, 0) is 74.5 Å². The van der Waals surface area contributed by atoms with Crippen molar-refractivity contribution in [1.82, 2.24) is 0 Å². The maximum absolute atomic E-state index is 12.0. The Hall–Kier alpha value is -0.890. The molecule has 2 heteroatoms. The molecule has 0 aromatic heterocycles. The zero-order valence-corrected chi connectivity index (χ0v) is 15.8. The van der Waals surface area contributed by atoms with E-state index >= 15 is 0 Å². The topological polar surface area (TPSA) is 37.3 Å².